The van der Waals surface area contributed by atoms with E-state index < -0.39 is 10.0 Å². The second-order valence-corrected chi connectivity index (χ2v) is 9.26. The third kappa shape index (κ3) is 4.19. The number of nitrogen functional groups attached to an aromatic ring is 1. The number of hydrogen-bond donors (Lipinski definition) is 2. The molecule has 2 aromatic heterocycles. The minimum atomic E-state index is -3.64. The van der Waals surface area contributed by atoms with Crippen LogP contribution in [0.2, 0.25) is 0 Å². The van der Waals surface area contributed by atoms with Crippen LogP contribution in [0.1, 0.15) is 43.6 Å². The molecule has 3 aromatic rings. The number of anilines is 1. The lowest BCUT2D eigenvalue weighted by atomic mass is 9.96. The Morgan fingerprint density at radius 2 is 1.90 bits per heavy atom. The van der Waals surface area contributed by atoms with Crippen LogP contribution in [-0.4, -0.2) is 34.6 Å². The van der Waals surface area contributed by atoms with Crippen molar-refractivity contribution in [2.75, 3.05) is 5.73 Å². The van der Waals surface area contributed by atoms with Gasteiger partial charge in [0, 0.05) is 18.5 Å². The molecule has 1 aliphatic rings. The highest BCUT2D eigenvalue weighted by atomic mass is 32.2. The molecule has 3 N–H and O–H groups in total. The second-order valence-electron chi connectivity index (χ2n) is 7.55. The molecule has 1 saturated carbocycles. The van der Waals surface area contributed by atoms with Crippen LogP contribution >= 0.6 is 0 Å². The summed E-state index contributed by atoms with van der Waals surface area (Å²) < 4.78 is 34.1. The Kier molecular flexibility index (Phi) is 5.52. The summed E-state index contributed by atoms with van der Waals surface area (Å²) in [5.41, 5.74) is 8.19. The molecule has 0 atom stereocenters. The van der Waals surface area contributed by atoms with Crippen LogP contribution in [-0.2, 0) is 10.0 Å². The summed E-state index contributed by atoms with van der Waals surface area (Å²) in [6.45, 7) is 3.55. The predicted octanol–water partition coefficient (Wildman–Crippen LogP) is 3.00. The fourth-order valence-corrected chi connectivity index (χ4v) is 4.96. The third-order valence-electron chi connectivity index (χ3n) is 5.25. The van der Waals surface area contributed by atoms with Gasteiger partial charge in [-0.25, -0.2) is 23.1 Å². The zero-order valence-electron chi connectivity index (χ0n) is 16.9. The van der Waals surface area contributed by atoms with Gasteiger partial charge in [0.1, 0.15) is 0 Å². The third-order valence-corrected chi connectivity index (χ3v) is 6.77. The normalized spacial score (nSPS) is 15.4. The number of nitrogens with one attached hydrogen (secondary N) is 1. The van der Waals surface area contributed by atoms with Crippen LogP contribution in [0.4, 0.5) is 5.82 Å². The Morgan fingerprint density at radius 1 is 1.13 bits per heavy atom. The first-order valence-electron chi connectivity index (χ1n) is 9.90. The fraction of sp³-hybridized carbons (Fsp3) is 0.400. The van der Waals surface area contributed by atoms with Gasteiger partial charge < -0.3 is 10.2 Å². The number of rotatable bonds is 5. The molecular formula is C20H24N6O3S. The van der Waals surface area contributed by atoms with Gasteiger partial charge in [-0.1, -0.05) is 25.3 Å². The van der Waals surface area contributed by atoms with Crippen LogP contribution in [0.3, 0.4) is 0 Å². The molecule has 0 amide bonds. The van der Waals surface area contributed by atoms with Crippen molar-refractivity contribution in [1.29, 1.82) is 0 Å². The van der Waals surface area contributed by atoms with E-state index in [1.54, 1.807) is 25.1 Å². The Labute approximate surface area is 175 Å². The van der Waals surface area contributed by atoms with Crippen molar-refractivity contribution >= 4 is 15.8 Å². The summed E-state index contributed by atoms with van der Waals surface area (Å²) in [5, 5.41) is 7.75. The molecule has 1 aromatic carbocycles. The molecule has 158 valence electrons. The van der Waals surface area contributed by atoms with Crippen molar-refractivity contribution in [3.63, 3.8) is 0 Å². The standard InChI is InChI=1S/C20H24N6O3S/c1-12-8-9-15(30(27,28)26-14-6-4-3-5-7-14)10-16(12)17-11-22-19(21)18(23-17)20-25-24-13(2)29-20/h8-11,14,26H,3-7H2,1-2H3,(H2,21,22). The van der Waals surface area contributed by atoms with E-state index in [4.69, 9.17) is 10.2 Å². The molecule has 1 aliphatic carbocycles. The van der Waals surface area contributed by atoms with E-state index in [0.717, 1.165) is 37.7 Å². The van der Waals surface area contributed by atoms with Crippen LogP contribution in [0.5, 0.6) is 0 Å². The van der Waals surface area contributed by atoms with Crippen LogP contribution in [0.25, 0.3) is 22.8 Å². The zero-order chi connectivity index (χ0) is 21.3. The topological polar surface area (TPSA) is 137 Å². The molecule has 2 heterocycles. The number of aryl methyl sites for hydroxylation is 2. The Balaban J connectivity index is 1.70. The van der Waals surface area contributed by atoms with Crippen LogP contribution in [0, 0.1) is 13.8 Å². The van der Waals surface area contributed by atoms with Crippen molar-refractivity contribution in [1.82, 2.24) is 24.9 Å². The molecule has 10 heteroatoms. The van der Waals surface area contributed by atoms with E-state index in [0.29, 0.717) is 17.1 Å². The maximum absolute atomic E-state index is 12.9. The molecule has 0 unspecified atom stereocenters. The molecular weight excluding hydrogens is 404 g/mol. The molecule has 0 aliphatic heterocycles. The van der Waals surface area contributed by atoms with Gasteiger partial charge in [-0.2, -0.15) is 0 Å². The summed E-state index contributed by atoms with van der Waals surface area (Å²) in [7, 11) is -3.64. The number of hydrogen-bond acceptors (Lipinski definition) is 8. The van der Waals surface area contributed by atoms with Gasteiger partial charge in [0.25, 0.3) is 5.89 Å². The quantitative estimate of drug-likeness (QED) is 0.633. The average Bonchev–Trinajstić information content (AvgIpc) is 3.15. The SMILES string of the molecule is Cc1nnc(-c2nc(-c3cc(S(=O)(=O)NC4CCCCC4)ccc3C)cnc2N)o1. The molecule has 0 saturated heterocycles. The predicted molar refractivity (Wildman–Crippen MR) is 112 cm³/mol. The lowest BCUT2D eigenvalue weighted by molar-refractivity contribution is 0.412. The number of benzene rings is 1. The summed E-state index contributed by atoms with van der Waals surface area (Å²) in [5.74, 6) is 0.706. The van der Waals surface area contributed by atoms with Crippen molar-refractivity contribution in [2.24, 2.45) is 0 Å². The lowest BCUT2D eigenvalue weighted by Crippen LogP contribution is -2.36. The lowest BCUT2D eigenvalue weighted by Gasteiger charge is -2.22. The van der Waals surface area contributed by atoms with Crippen molar-refractivity contribution in [3.05, 3.63) is 35.9 Å². The molecule has 0 spiro atoms. The first-order chi connectivity index (χ1) is 14.3. The highest BCUT2D eigenvalue weighted by Gasteiger charge is 2.23. The highest BCUT2D eigenvalue weighted by molar-refractivity contribution is 7.89. The second kappa shape index (κ2) is 8.11. The van der Waals surface area contributed by atoms with E-state index in [2.05, 4.69) is 24.9 Å². The van der Waals surface area contributed by atoms with Crippen molar-refractivity contribution in [2.45, 2.75) is 56.9 Å². The average molecular weight is 429 g/mol. The Bertz CT molecular complexity index is 1170. The Hall–Kier alpha value is -2.85. The van der Waals surface area contributed by atoms with Gasteiger partial charge >= 0.3 is 0 Å². The van der Waals surface area contributed by atoms with E-state index in [9.17, 15) is 8.42 Å². The van der Waals surface area contributed by atoms with Crippen molar-refractivity contribution < 1.29 is 12.8 Å². The zero-order valence-corrected chi connectivity index (χ0v) is 17.7. The summed E-state index contributed by atoms with van der Waals surface area (Å²) in [4.78, 5) is 8.91. The maximum atomic E-state index is 12.9. The first-order valence-corrected chi connectivity index (χ1v) is 11.4. The molecule has 30 heavy (non-hydrogen) atoms. The molecule has 4 rings (SSSR count). The van der Waals surface area contributed by atoms with Gasteiger partial charge in [0.05, 0.1) is 16.8 Å². The van der Waals surface area contributed by atoms with E-state index >= 15 is 0 Å². The number of aromatic nitrogens is 4. The summed E-state index contributed by atoms with van der Waals surface area (Å²) >= 11 is 0. The largest absolute Gasteiger partial charge is 0.420 e. The van der Waals surface area contributed by atoms with Gasteiger partial charge in [-0.3, -0.25) is 0 Å². The fourth-order valence-electron chi connectivity index (χ4n) is 3.63. The van der Waals surface area contributed by atoms with Gasteiger partial charge in [0.2, 0.25) is 15.9 Å². The monoisotopic (exact) mass is 428 g/mol. The molecule has 0 radical (unpaired) electrons. The van der Waals surface area contributed by atoms with Crippen LogP contribution < -0.4 is 10.5 Å². The molecule has 1 fully saturated rings. The smallest absolute Gasteiger partial charge is 0.270 e. The number of nitrogens with two attached hydrogens (primary N) is 1. The number of nitrogens with zero attached hydrogens (tertiary/aromatic N) is 4. The van der Waals surface area contributed by atoms with Gasteiger partial charge in [-0.05, 0) is 37.5 Å². The summed E-state index contributed by atoms with van der Waals surface area (Å²) in [6, 6.07) is 4.97. The Morgan fingerprint density at radius 3 is 2.60 bits per heavy atom. The minimum absolute atomic E-state index is 0.0165. The summed E-state index contributed by atoms with van der Waals surface area (Å²) in [6.07, 6.45) is 6.50. The molecule has 0 bridgehead atoms. The maximum Gasteiger partial charge on any atom is 0.270 e. The minimum Gasteiger partial charge on any atom is -0.420 e. The van der Waals surface area contributed by atoms with Gasteiger partial charge in [0.15, 0.2) is 11.5 Å². The van der Waals surface area contributed by atoms with Gasteiger partial charge in [-0.15, -0.1) is 10.2 Å². The van der Waals surface area contributed by atoms with Crippen molar-refractivity contribution in [3.8, 4) is 22.8 Å². The van der Waals surface area contributed by atoms with Crippen LogP contribution in [0.15, 0.2) is 33.7 Å². The van der Waals surface area contributed by atoms with E-state index in [1.807, 2.05) is 6.92 Å². The molecule has 9 nitrogen and oxygen atoms in total. The first kappa shape index (κ1) is 20.4. The number of sulfonamides is 1. The highest BCUT2D eigenvalue weighted by Crippen LogP contribution is 2.29. The van der Waals surface area contributed by atoms with E-state index in [-0.39, 0.29) is 28.3 Å². The van der Waals surface area contributed by atoms with E-state index in [1.165, 1.54) is 6.20 Å².